The van der Waals surface area contributed by atoms with Crippen molar-refractivity contribution in [2.75, 3.05) is 4.90 Å². The van der Waals surface area contributed by atoms with Gasteiger partial charge in [-0.2, -0.15) is 0 Å². The van der Waals surface area contributed by atoms with Crippen molar-refractivity contribution in [3.05, 3.63) is 170 Å². The van der Waals surface area contributed by atoms with Crippen molar-refractivity contribution in [2.45, 2.75) is 0 Å². The predicted molar refractivity (Wildman–Crippen MR) is 208 cm³/mol. The second-order valence-corrected chi connectivity index (χ2v) is 12.9. The zero-order valence-electron chi connectivity index (χ0n) is 26.9. The number of nitrogens with zero attached hydrogens (tertiary/aromatic N) is 2. The van der Waals surface area contributed by atoms with Crippen LogP contribution < -0.4 is 4.90 Å². The van der Waals surface area contributed by atoms with E-state index in [1.54, 1.807) is 0 Å². The van der Waals surface area contributed by atoms with E-state index in [2.05, 4.69) is 155 Å². The monoisotopic (exact) mass is 640 g/mol. The highest BCUT2D eigenvalue weighted by Crippen LogP contribution is 2.45. The fourth-order valence-electron chi connectivity index (χ4n) is 7.97. The van der Waals surface area contributed by atoms with E-state index in [4.69, 9.17) is 8.83 Å². The molecule has 0 aliphatic rings. The standard InChI is InChI=1S/C46H28N2O2/c1-2-11-30(12-3-1)48-39-17-7-4-13-34(39)35-25-23-32(28-41(35)48)47(40-18-10-16-37-36-14-5-8-19-42(36)50-46(37)40)31-22-24-33-29(27-31)21-26-44-45(33)38-15-6-9-20-43(38)49-44/h1-28H. The van der Waals surface area contributed by atoms with Gasteiger partial charge in [0.15, 0.2) is 5.58 Å². The van der Waals surface area contributed by atoms with Crippen molar-refractivity contribution >= 4 is 93.5 Å². The summed E-state index contributed by atoms with van der Waals surface area (Å²) in [5, 5.41) is 9.22. The van der Waals surface area contributed by atoms with E-state index in [0.29, 0.717) is 0 Å². The summed E-state index contributed by atoms with van der Waals surface area (Å²) in [5.41, 5.74) is 10.0. The molecule has 4 heteroatoms. The Kier molecular flexibility index (Phi) is 5.63. The van der Waals surface area contributed by atoms with Crippen LogP contribution >= 0.6 is 0 Å². The third-order valence-electron chi connectivity index (χ3n) is 10.2. The van der Waals surface area contributed by atoms with Crippen molar-refractivity contribution in [2.24, 2.45) is 0 Å². The van der Waals surface area contributed by atoms with Gasteiger partial charge in [0.05, 0.1) is 16.7 Å². The van der Waals surface area contributed by atoms with Gasteiger partial charge in [-0.05, 0) is 77.5 Å². The highest BCUT2D eigenvalue weighted by Gasteiger charge is 2.22. The highest BCUT2D eigenvalue weighted by atomic mass is 16.3. The van der Waals surface area contributed by atoms with Gasteiger partial charge in [0.1, 0.15) is 16.7 Å². The first kappa shape index (κ1) is 27.2. The highest BCUT2D eigenvalue weighted by molar-refractivity contribution is 6.19. The van der Waals surface area contributed by atoms with E-state index in [9.17, 15) is 0 Å². The lowest BCUT2D eigenvalue weighted by atomic mass is 10.0. The first-order chi connectivity index (χ1) is 24.8. The summed E-state index contributed by atoms with van der Waals surface area (Å²) in [7, 11) is 0. The Hall–Kier alpha value is -6.78. The molecule has 11 aromatic rings. The zero-order valence-corrected chi connectivity index (χ0v) is 26.9. The second kappa shape index (κ2) is 10.4. The second-order valence-electron chi connectivity index (χ2n) is 12.9. The van der Waals surface area contributed by atoms with E-state index >= 15 is 0 Å². The number of anilines is 3. The number of para-hydroxylation sites is 5. The molecule has 0 radical (unpaired) electrons. The molecule has 11 rings (SSSR count). The predicted octanol–water partition coefficient (Wildman–Crippen LogP) is 13.2. The molecule has 50 heavy (non-hydrogen) atoms. The Bertz CT molecular complexity index is 3110. The molecular weight excluding hydrogens is 613 g/mol. The fraction of sp³-hybridized carbons (Fsp3) is 0. The van der Waals surface area contributed by atoms with E-state index in [1.165, 1.54) is 16.3 Å². The Labute approximate surface area is 286 Å². The minimum Gasteiger partial charge on any atom is -0.456 e. The fourth-order valence-corrected chi connectivity index (χ4v) is 7.97. The molecule has 0 unspecified atom stereocenters. The Balaban J connectivity index is 1.21. The smallest absolute Gasteiger partial charge is 0.159 e. The van der Waals surface area contributed by atoms with Gasteiger partial charge in [0.25, 0.3) is 0 Å². The van der Waals surface area contributed by atoms with E-state index in [0.717, 1.165) is 82.9 Å². The summed E-state index contributed by atoms with van der Waals surface area (Å²) in [4.78, 5) is 2.34. The van der Waals surface area contributed by atoms with Crippen LogP contribution in [0.5, 0.6) is 0 Å². The molecule has 234 valence electrons. The normalized spacial score (nSPS) is 12.0. The Morgan fingerprint density at radius 3 is 1.92 bits per heavy atom. The van der Waals surface area contributed by atoms with Crippen LogP contribution in [-0.4, -0.2) is 4.57 Å². The topological polar surface area (TPSA) is 34.5 Å². The first-order valence-corrected chi connectivity index (χ1v) is 16.9. The van der Waals surface area contributed by atoms with E-state index < -0.39 is 0 Å². The largest absolute Gasteiger partial charge is 0.456 e. The molecule has 0 saturated carbocycles. The number of furan rings is 2. The lowest BCUT2D eigenvalue weighted by Gasteiger charge is -2.26. The molecule has 0 fully saturated rings. The van der Waals surface area contributed by atoms with Crippen LogP contribution in [-0.2, 0) is 0 Å². The van der Waals surface area contributed by atoms with Crippen LogP contribution in [0.25, 0.3) is 82.1 Å². The van der Waals surface area contributed by atoms with Gasteiger partial charge in [-0.3, -0.25) is 0 Å². The number of aromatic nitrogens is 1. The maximum Gasteiger partial charge on any atom is 0.159 e. The van der Waals surface area contributed by atoms with Crippen LogP contribution in [0.2, 0.25) is 0 Å². The summed E-state index contributed by atoms with van der Waals surface area (Å²) in [5.74, 6) is 0. The van der Waals surface area contributed by atoms with Gasteiger partial charge >= 0.3 is 0 Å². The van der Waals surface area contributed by atoms with Crippen molar-refractivity contribution in [3.63, 3.8) is 0 Å². The van der Waals surface area contributed by atoms with Crippen molar-refractivity contribution in [1.82, 2.24) is 4.57 Å². The van der Waals surface area contributed by atoms with Crippen molar-refractivity contribution in [3.8, 4) is 5.69 Å². The Morgan fingerprint density at radius 1 is 0.400 bits per heavy atom. The molecule has 8 aromatic carbocycles. The zero-order chi connectivity index (χ0) is 32.8. The summed E-state index contributed by atoms with van der Waals surface area (Å²) in [6.45, 7) is 0. The molecular formula is C46H28N2O2. The Morgan fingerprint density at radius 2 is 1.06 bits per heavy atom. The van der Waals surface area contributed by atoms with E-state index in [-0.39, 0.29) is 0 Å². The summed E-state index contributed by atoms with van der Waals surface area (Å²) < 4.78 is 15.3. The van der Waals surface area contributed by atoms with Gasteiger partial charge in [0.2, 0.25) is 0 Å². The van der Waals surface area contributed by atoms with Crippen LogP contribution in [0.4, 0.5) is 17.1 Å². The first-order valence-electron chi connectivity index (χ1n) is 16.9. The van der Waals surface area contributed by atoms with Crippen LogP contribution in [0.3, 0.4) is 0 Å². The molecule has 0 N–H and O–H groups in total. The summed E-state index contributed by atoms with van der Waals surface area (Å²) in [6, 6.07) is 60.1. The molecule has 0 amide bonds. The molecule has 0 aliphatic carbocycles. The maximum absolute atomic E-state index is 6.66. The van der Waals surface area contributed by atoms with Gasteiger partial charge in [0, 0.05) is 49.4 Å². The third-order valence-corrected chi connectivity index (χ3v) is 10.2. The van der Waals surface area contributed by atoms with Crippen LogP contribution in [0, 0.1) is 0 Å². The molecule has 4 nitrogen and oxygen atoms in total. The number of hydrogen-bond donors (Lipinski definition) is 0. The minimum absolute atomic E-state index is 0.855. The molecule has 0 bridgehead atoms. The molecule has 3 heterocycles. The summed E-state index contributed by atoms with van der Waals surface area (Å²) >= 11 is 0. The number of hydrogen-bond acceptors (Lipinski definition) is 3. The number of rotatable bonds is 4. The van der Waals surface area contributed by atoms with Gasteiger partial charge in [-0.15, -0.1) is 0 Å². The lowest BCUT2D eigenvalue weighted by molar-refractivity contribution is 0.669. The molecule has 3 aromatic heterocycles. The third kappa shape index (κ3) is 3.87. The van der Waals surface area contributed by atoms with Gasteiger partial charge in [-0.25, -0.2) is 0 Å². The van der Waals surface area contributed by atoms with Gasteiger partial charge < -0.3 is 18.3 Å². The average molecular weight is 641 g/mol. The molecule has 0 spiro atoms. The molecule has 0 aliphatic heterocycles. The summed E-state index contributed by atoms with van der Waals surface area (Å²) in [6.07, 6.45) is 0. The van der Waals surface area contributed by atoms with Crippen LogP contribution in [0.15, 0.2) is 179 Å². The quantitative estimate of drug-likeness (QED) is 0.192. The average Bonchev–Trinajstić information content (AvgIpc) is 3.85. The number of benzene rings is 8. The van der Waals surface area contributed by atoms with E-state index in [1.807, 2.05) is 24.3 Å². The minimum atomic E-state index is 0.855. The molecule has 0 saturated heterocycles. The van der Waals surface area contributed by atoms with Gasteiger partial charge in [-0.1, -0.05) is 103 Å². The number of fused-ring (bicyclic) bond motifs is 11. The van der Waals surface area contributed by atoms with Crippen LogP contribution in [0.1, 0.15) is 0 Å². The lowest BCUT2D eigenvalue weighted by Crippen LogP contribution is -2.10. The van der Waals surface area contributed by atoms with Crippen molar-refractivity contribution < 1.29 is 8.83 Å². The van der Waals surface area contributed by atoms with Crippen molar-refractivity contribution in [1.29, 1.82) is 0 Å². The SMILES string of the molecule is c1ccc(-n2c3ccccc3c3ccc(N(c4ccc5c(ccc6oc7ccccc7c65)c4)c4cccc5c4oc4ccccc45)cc32)cc1. The maximum atomic E-state index is 6.66. The molecule has 0 atom stereocenters.